The van der Waals surface area contributed by atoms with E-state index in [0.717, 1.165) is 42.6 Å². The van der Waals surface area contributed by atoms with Gasteiger partial charge in [-0.2, -0.15) is 8.78 Å². The molecule has 188 valence electrons. The molecule has 0 fully saturated rings. The van der Waals surface area contributed by atoms with Crippen molar-refractivity contribution in [2.24, 2.45) is 0 Å². The van der Waals surface area contributed by atoms with Crippen LogP contribution in [0.25, 0.3) is 0 Å². The Morgan fingerprint density at radius 3 is 2.74 bits per heavy atom. The SMILES string of the molecule is CC1(C)OCc2cc(CC(O)NCCCCCCOCC(F)(F)c3cccc(Br)c3)ccc2O1. The molecule has 0 radical (unpaired) electrons. The van der Waals surface area contributed by atoms with Crippen molar-refractivity contribution in [3.05, 3.63) is 63.6 Å². The highest BCUT2D eigenvalue weighted by molar-refractivity contribution is 9.10. The monoisotopic (exact) mass is 541 g/mol. The van der Waals surface area contributed by atoms with E-state index in [0.29, 0.717) is 30.7 Å². The second kappa shape index (κ2) is 12.4. The largest absolute Gasteiger partial charge is 0.463 e. The van der Waals surface area contributed by atoms with Crippen molar-refractivity contribution in [1.82, 2.24) is 5.32 Å². The van der Waals surface area contributed by atoms with Crippen LogP contribution in [0.3, 0.4) is 0 Å². The molecule has 0 saturated carbocycles. The summed E-state index contributed by atoms with van der Waals surface area (Å²) in [6, 6.07) is 12.0. The van der Waals surface area contributed by atoms with Gasteiger partial charge in [0, 0.05) is 42.5 Å². The van der Waals surface area contributed by atoms with Gasteiger partial charge in [0.2, 0.25) is 5.79 Å². The maximum absolute atomic E-state index is 14.2. The van der Waals surface area contributed by atoms with E-state index in [4.69, 9.17) is 14.2 Å². The first-order valence-electron chi connectivity index (χ1n) is 11.7. The number of nitrogens with one attached hydrogen (secondary N) is 1. The zero-order valence-electron chi connectivity index (χ0n) is 19.8. The maximum Gasteiger partial charge on any atom is 0.296 e. The lowest BCUT2D eigenvalue weighted by Crippen LogP contribution is -2.35. The third kappa shape index (κ3) is 8.57. The molecule has 0 bridgehead atoms. The summed E-state index contributed by atoms with van der Waals surface area (Å²) in [6.45, 7) is 4.64. The maximum atomic E-state index is 14.2. The molecule has 1 atom stereocenters. The van der Waals surface area contributed by atoms with E-state index >= 15 is 0 Å². The number of fused-ring (bicyclic) bond motifs is 1. The molecule has 2 aromatic carbocycles. The second-order valence-corrected chi connectivity index (χ2v) is 10.0. The molecule has 0 aromatic heterocycles. The molecule has 2 aromatic rings. The Labute approximate surface area is 208 Å². The van der Waals surface area contributed by atoms with Crippen LogP contribution in [0.4, 0.5) is 8.78 Å². The van der Waals surface area contributed by atoms with Gasteiger partial charge in [-0.25, -0.2) is 0 Å². The van der Waals surface area contributed by atoms with Gasteiger partial charge in [-0.05, 0) is 49.2 Å². The van der Waals surface area contributed by atoms with Gasteiger partial charge in [0.05, 0.1) is 6.61 Å². The highest BCUT2D eigenvalue weighted by atomic mass is 79.9. The Kier molecular flexibility index (Phi) is 9.85. The van der Waals surface area contributed by atoms with E-state index in [2.05, 4.69) is 21.2 Å². The summed E-state index contributed by atoms with van der Waals surface area (Å²) in [7, 11) is 0. The Morgan fingerprint density at radius 2 is 1.94 bits per heavy atom. The molecule has 0 saturated heterocycles. The Bertz CT molecular complexity index is 925. The molecule has 0 aliphatic carbocycles. The number of aliphatic hydroxyl groups excluding tert-OH is 1. The molecule has 1 heterocycles. The molecule has 8 heteroatoms. The molecular weight excluding hydrogens is 508 g/mol. The lowest BCUT2D eigenvalue weighted by Gasteiger charge is -2.32. The summed E-state index contributed by atoms with van der Waals surface area (Å²) in [5, 5.41) is 13.4. The van der Waals surface area contributed by atoms with Gasteiger partial charge in [-0.1, -0.05) is 47.0 Å². The third-order valence-electron chi connectivity index (χ3n) is 5.61. The fourth-order valence-electron chi connectivity index (χ4n) is 3.76. The van der Waals surface area contributed by atoms with Crippen LogP contribution in [0, 0.1) is 0 Å². The Hall–Kier alpha value is -1.58. The van der Waals surface area contributed by atoms with Crippen LogP contribution in [0.2, 0.25) is 0 Å². The number of benzene rings is 2. The number of unbranched alkanes of at least 4 members (excludes halogenated alkanes) is 3. The minimum absolute atomic E-state index is 0.0486. The Morgan fingerprint density at radius 1 is 1.15 bits per heavy atom. The van der Waals surface area contributed by atoms with Crippen LogP contribution in [0.1, 0.15) is 56.2 Å². The summed E-state index contributed by atoms with van der Waals surface area (Å²) in [4.78, 5) is 0. The van der Waals surface area contributed by atoms with Crippen molar-refractivity contribution in [3.63, 3.8) is 0 Å². The zero-order valence-corrected chi connectivity index (χ0v) is 21.4. The molecule has 1 aliphatic heterocycles. The van der Waals surface area contributed by atoms with Gasteiger partial charge in [0.25, 0.3) is 5.92 Å². The third-order valence-corrected chi connectivity index (χ3v) is 6.10. The molecule has 34 heavy (non-hydrogen) atoms. The van der Waals surface area contributed by atoms with E-state index in [9.17, 15) is 13.9 Å². The van der Waals surface area contributed by atoms with E-state index in [1.165, 1.54) is 12.1 Å². The van der Waals surface area contributed by atoms with Crippen LogP contribution in [-0.4, -0.2) is 36.9 Å². The first-order valence-corrected chi connectivity index (χ1v) is 12.5. The molecule has 2 N–H and O–H groups in total. The first kappa shape index (κ1) is 27.0. The lowest BCUT2D eigenvalue weighted by atomic mass is 10.1. The second-order valence-electron chi connectivity index (χ2n) is 9.09. The number of rotatable bonds is 13. The van der Waals surface area contributed by atoms with Crippen LogP contribution >= 0.6 is 15.9 Å². The van der Waals surface area contributed by atoms with E-state index in [-0.39, 0.29) is 5.56 Å². The fraction of sp³-hybridized carbons (Fsp3) is 0.538. The zero-order chi connectivity index (χ0) is 24.6. The minimum atomic E-state index is -3.00. The van der Waals surface area contributed by atoms with Gasteiger partial charge in [-0.3, -0.25) is 5.32 Å². The number of ether oxygens (including phenoxy) is 3. The average Bonchev–Trinajstić information content (AvgIpc) is 2.77. The molecule has 1 unspecified atom stereocenters. The first-order chi connectivity index (χ1) is 16.1. The van der Waals surface area contributed by atoms with Crippen LogP contribution in [0.5, 0.6) is 5.75 Å². The number of alkyl halides is 2. The minimum Gasteiger partial charge on any atom is -0.463 e. The van der Waals surface area contributed by atoms with Crippen molar-refractivity contribution in [2.45, 2.75) is 70.5 Å². The van der Waals surface area contributed by atoms with Crippen LogP contribution < -0.4 is 10.1 Å². The summed E-state index contributed by atoms with van der Waals surface area (Å²) >= 11 is 3.22. The number of hydrogen-bond donors (Lipinski definition) is 2. The summed E-state index contributed by atoms with van der Waals surface area (Å²) < 4.78 is 45.6. The van der Waals surface area contributed by atoms with Crippen LogP contribution in [0.15, 0.2) is 46.9 Å². The number of halogens is 3. The molecule has 3 rings (SSSR count). The topological polar surface area (TPSA) is 60.0 Å². The molecule has 5 nitrogen and oxygen atoms in total. The fourth-order valence-corrected chi connectivity index (χ4v) is 4.16. The van der Waals surface area contributed by atoms with E-state index in [1.807, 2.05) is 32.0 Å². The van der Waals surface area contributed by atoms with Crippen molar-refractivity contribution in [3.8, 4) is 5.75 Å². The average molecular weight is 542 g/mol. The predicted octanol–water partition coefficient (Wildman–Crippen LogP) is 5.91. The van der Waals surface area contributed by atoms with Crippen LogP contribution in [-0.2, 0) is 28.4 Å². The van der Waals surface area contributed by atoms with Crippen molar-refractivity contribution in [2.75, 3.05) is 19.8 Å². The standard InChI is InChI=1S/C26H34BrF2NO4/c1-25(2)33-17-20-14-19(10-11-23(20)34-25)15-24(31)30-12-5-3-4-6-13-32-18-26(28,29)21-8-7-9-22(27)16-21/h7-11,14,16,24,30-31H,3-6,12-13,15,17-18H2,1-2H3. The van der Waals surface area contributed by atoms with Crippen molar-refractivity contribution >= 4 is 15.9 Å². The molecule has 0 amide bonds. The smallest absolute Gasteiger partial charge is 0.296 e. The van der Waals surface area contributed by atoms with E-state index < -0.39 is 24.5 Å². The molecule has 0 spiro atoms. The van der Waals surface area contributed by atoms with Gasteiger partial charge >= 0.3 is 0 Å². The summed E-state index contributed by atoms with van der Waals surface area (Å²) in [5.74, 6) is -2.80. The molecule has 1 aliphatic rings. The van der Waals surface area contributed by atoms with Crippen molar-refractivity contribution < 1.29 is 28.1 Å². The highest BCUT2D eigenvalue weighted by Crippen LogP contribution is 2.32. The van der Waals surface area contributed by atoms with Gasteiger partial charge in [0.15, 0.2) is 0 Å². The summed E-state index contributed by atoms with van der Waals surface area (Å²) in [6.07, 6.45) is 3.31. The number of hydrogen-bond acceptors (Lipinski definition) is 5. The number of aliphatic hydroxyl groups is 1. The normalized spacial score (nSPS) is 16.1. The Balaban J connectivity index is 1.24. The van der Waals surface area contributed by atoms with Crippen molar-refractivity contribution in [1.29, 1.82) is 0 Å². The lowest BCUT2D eigenvalue weighted by molar-refractivity contribution is -0.180. The quantitative estimate of drug-likeness (QED) is 0.243. The summed E-state index contributed by atoms with van der Waals surface area (Å²) in [5.41, 5.74) is 1.95. The van der Waals surface area contributed by atoms with Gasteiger partial charge in [-0.15, -0.1) is 0 Å². The predicted molar refractivity (Wildman–Crippen MR) is 131 cm³/mol. The van der Waals surface area contributed by atoms with E-state index in [1.54, 1.807) is 12.1 Å². The molecular formula is C26H34BrF2NO4. The van der Waals surface area contributed by atoms with Gasteiger partial charge in [0.1, 0.15) is 18.6 Å². The highest BCUT2D eigenvalue weighted by Gasteiger charge is 2.32. The van der Waals surface area contributed by atoms with Gasteiger partial charge < -0.3 is 19.3 Å².